The summed E-state index contributed by atoms with van der Waals surface area (Å²) in [7, 11) is -0.361. The fourth-order valence-corrected chi connectivity index (χ4v) is 2.03. The molecule has 1 fully saturated rings. The predicted molar refractivity (Wildman–Crippen MR) is 74.1 cm³/mol. The second-order valence-electron chi connectivity index (χ2n) is 6.00. The molecule has 0 unspecified atom stereocenters. The highest BCUT2D eigenvalue weighted by Crippen LogP contribution is 2.36. The van der Waals surface area contributed by atoms with Crippen LogP contribution < -0.4 is 5.59 Å². The van der Waals surface area contributed by atoms with Gasteiger partial charge in [0.25, 0.3) is 0 Å². The van der Waals surface area contributed by atoms with Gasteiger partial charge in [-0.25, -0.2) is 0 Å². The Morgan fingerprint density at radius 1 is 1.11 bits per heavy atom. The molecule has 0 aliphatic carbocycles. The van der Waals surface area contributed by atoms with Crippen molar-refractivity contribution in [3.63, 3.8) is 0 Å². The van der Waals surface area contributed by atoms with Crippen LogP contribution in [0, 0.1) is 6.92 Å². The summed E-state index contributed by atoms with van der Waals surface area (Å²) in [5.74, 6) is 0. The lowest BCUT2D eigenvalue weighted by Gasteiger charge is -2.32. The van der Waals surface area contributed by atoms with Gasteiger partial charge in [-0.2, -0.15) is 0 Å². The summed E-state index contributed by atoms with van der Waals surface area (Å²) < 4.78 is 12.0. The maximum atomic E-state index is 6.02. The van der Waals surface area contributed by atoms with Crippen molar-refractivity contribution in [3.8, 4) is 0 Å². The Bertz CT molecular complexity index is 441. The minimum atomic E-state index is -0.361. The standard InChI is InChI=1S/C14H22BNO2/c1-7-11-8-10(2)9-12(16-11)15-17-13(3,4)14(5,6)18-15/h8-9H,7H2,1-6H3. The van der Waals surface area contributed by atoms with Crippen LogP contribution in [0.3, 0.4) is 0 Å². The number of hydrogen-bond donors (Lipinski definition) is 0. The van der Waals surface area contributed by atoms with E-state index in [0.29, 0.717) is 0 Å². The molecule has 0 amide bonds. The molecular formula is C14H22BNO2. The van der Waals surface area contributed by atoms with E-state index in [4.69, 9.17) is 9.31 Å². The van der Waals surface area contributed by atoms with Crippen molar-refractivity contribution in [2.45, 2.75) is 59.2 Å². The van der Waals surface area contributed by atoms with Crippen LogP contribution in [0.5, 0.6) is 0 Å². The normalized spacial score (nSPS) is 21.3. The topological polar surface area (TPSA) is 31.4 Å². The summed E-state index contributed by atoms with van der Waals surface area (Å²) >= 11 is 0. The van der Waals surface area contributed by atoms with Gasteiger partial charge in [-0.15, -0.1) is 0 Å². The van der Waals surface area contributed by atoms with Gasteiger partial charge in [0.05, 0.1) is 16.8 Å². The molecule has 98 valence electrons. The van der Waals surface area contributed by atoms with Crippen LogP contribution in [-0.2, 0) is 15.7 Å². The van der Waals surface area contributed by atoms with Gasteiger partial charge < -0.3 is 9.31 Å². The molecule has 3 nitrogen and oxygen atoms in total. The first-order chi connectivity index (χ1) is 8.25. The number of pyridine rings is 1. The molecule has 0 saturated carbocycles. The lowest BCUT2D eigenvalue weighted by Crippen LogP contribution is -2.41. The zero-order valence-electron chi connectivity index (χ0n) is 12.2. The molecule has 0 spiro atoms. The predicted octanol–water partition coefficient (Wildman–Crippen LogP) is 2.25. The number of aromatic nitrogens is 1. The van der Waals surface area contributed by atoms with Crippen LogP contribution in [0.1, 0.15) is 45.9 Å². The molecule has 0 N–H and O–H groups in total. The highest BCUT2D eigenvalue weighted by Gasteiger charge is 2.52. The molecule has 1 aliphatic heterocycles. The minimum Gasteiger partial charge on any atom is -0.398 e. The summed E-state index contributed by atoms with van der Waals surface area (Å²) in [6, 6.07) is 4.15. The van der Waals surface area contributed by atoms with Crippen LogP contribution in [-0.4, -0.2) is 23.3 Å². The Balaban J connectivity index is 2.32. The highest BCUT2D eigenvalue weighted by atomic mass is 16.7. The van der Waals surface area contributed by atoms with E-state index in [1.54, 1.807) is 0 Å². The zero-order valence-corrected chi connectivity index (χ0v) is 12.2. The fourth-order valence-electron chi connectivity index (χ4n) is 2.03. The molecule has 2 rings (SSSR count). The van der Waals surface area contributed by atoms with Crippen LogP contribution >= 0.6 is 0 Å². The smallest absolute Gasteiger partial charge is 0.398 e. The van der Waals surface area contributed by atoms with E-state index in [-0.39, 0.29) is 18.3 Å². The largest absolute Gasteiger partial charge is 0.514 e. The van der Waals surface area contributed by atoms with Crippen molar-refractivity contribution < 1.29 is 9.31 Å². The molecule has 0 radical (unpaired) electrons. The first-order valence-electron chi connectivity index (χ1n) is 6.58. The van der Waals surface area contributed by atoms with Gasteiger partial charge in [0.15, 0.2) is 0 Å². The van der Waals surface area contributed by atoms with Crippen molar-refractivity contribution in [2.75, 3.05) is 0 Å². The van der Waals surface area contributed by atoms with Crippen molar-refractivity contribution in [2.24, 2.45) is 0 Å². The molecule has 1 aromatic heterocycles. The summed E-state index contributed by atoms with van der Waals surface area (Å²) in [4.78, 5) is 4.62. The van der Waals surface area contributed by atoms with Crippen molar-refractivity contribution in [1.82, 2.24) is 4.98 Å². The average Bonchev–Trinajstić information content (AvgIpc) is 2.47. The van der Waals surface area contributed by atoms with Crippen molar-refractivity contribution in [1.29, 1.82) is 0 Å². The van der Waals surface area contributed by atoms with Gasteiger partial charge in [0.2, 0.25) is 0 Å². The Labute approximate surface area is 110 Å². The van der Waals surface area contributed by atoms with E-state index in [9.17, 15) is 0 Å². The summed E-state index contributed by atoms with van der Waals surface area (Å²) in [5.41, 5.74) is 2.54. The summed E-state index contributed by atoms with van der Waals surface area (Å²) in [6.07, 6.45) is 0.925. The van der Waals surface area contributed by atoms with E-state index >= 15 is 0 Å². The zero-order chi connectivity index (χ0) is 13.6. The monoisotopic (exact) mass is 247 g/mol. The van der Waals surface area contributed by atoms with E-state index in [1.807, 2.05) is 6.07 Å². The Morgan fingerprint density at radius 3 is 2.17 bits per heavy atom. The minimum absolute atomic E-state index is 0.310. The highest BCUT2D eigenvalue weighted by molar-refractivity contribution is 6.61. The first kappa shape index (κ1) is 13.6. The van der Waals surface area contributed by atoms with Crippen LogP contribution in [0.4, 0.5) is 0 Å². The molecule has 18 heavy (non-hydrogen) atoms. The third kappa shape index (κ3) is 2.32. The van der Waals surface area contributed by atoms with Crippen LogP contribution in [0.15, 0.2) is 12.1 Å². The van der Waals surface area contributed by atoms with Crippen molar-refractivity contribution in [3.05, 3.63) is 23.4 Å². The Hall–Kier alpha value is -0.865. The average molecular weight is 247 g/mol. The molecule has 0 atom stereocenters. The Kier molecular flexibility index (Phi) is 3.28. The maximum absolute atomic E-state index is 6.02. The van der Waals surface area contributed by atoms with Gasteiger partial charge in [0.1, 0.15) is 0 Å². The van der Waals surface area contributed by atoms with Gasteiger partial charge >= 0.3 is 7.12 Å². The molecule has 0 aromatic carbocycles. The lowest BCUT2D eigenvalue weighted by molar-refractivity contribution is 0.00578. The number of hydrogen-bond acceptors (Lipinski definition) is 3. The second kappa shape index (κ2) is 4.35. The molecule has 1 aromatic rings. The molecule has 1 saturated heterocycles. The second-order valence-corrected chi connectivity index (χ2v) is 6.00. The van der Waals surface area contributed by atoms with Gasteiger partial charge in [-0.05, 0) is 58.7 Å². The first-order valence-corrected chi connectivity index (χ1v) is 6.58. The Morgan fingerprint density at radius 2 is 1.67 bits per heavy atom. The summed E-state index contributed by atoms with van der Waals surface area (Å²) in [5, 5.41) is 0. The van der Waals surface area contributed by atoms with E-state index in [0.717, 1.165) is 17.7 Å². The van der Waals surface area contributed by atoms with Crippen LogP contribution in [0.2, 0.25) is 0 Å². The number of nitrogens with zero attached hydrogens (tertiary/aromatic N) is 1. The maximum Gasteiger partial charge on any atom is 0.514 e. The van der Waals surface area contributed by atoms with Crippen molar-refractivity contribution >= 4 is 12.7 Å². The molecular weight excluding hydrogens is 225 g/mol. The van der Waals surface area contributed by atoms with Crippen LogP contribution in [0.25, 0.3) is 0 Å². The number of rotatable bonds is 2. The van der Waals surface area contributed by atoms with E-state index < -0.39 is 0 Å². The fraction of sp³-hybridized carbons (Fsp3) is 0.643. The molecule has 2 heterocycles. The molecule has 0 bridgehead atoms. The molecule has 4 heteroatoms. The quantitative estimate of drug-likeness (QED) is 0.751. The van der Waals surface area contributed by atoms with E-state index in [1.165, 1.54) is 5.56 Å². The van der Waals surface area contributed by atoms with Gasteiger partial charge in [-0.3, -0.25) is 4.98 Å². The van der Waals surface area contributed by atoms with Gasteiger partial charge in [-0.1, -0.05) is 6.92 Å². The third-order valence-electron chi connectivity index (χ3n) is 3.90. The van der Waals surface area contributed by atoms with E-state index in [2.05, 4.69) is 52.6 Å². The van der Waals surface area contributed by atoms with Gasteiger partial charge in [0, 0.05) is 5.69 Å². The number of aryl methyl sites for hydroxylation is 2. The SMILES string of the molecule is CCc1cc(C)cc(B2OC(C)(C)C(C)(C)O2)n1. The lowest BCUT2D eigenvalue weighted by atomic mass is 9.83. The summed E-state index contributed by atoms with van der Waals surface area (Å²) in [6.45, 7) is 12.4. The third-order valence-corrected chi connectivity index (χ3v) is 3.90. The molecule has 1 aliphatic rings.